The minimum absolute atomic E-state index is 0.120. The number of ether oxygens (including phenoxy) is 2. The molecular formula is C51H52N4O6S. The summed E-state index contributed by atoms with van der Waals surface area (Å²) in [5, 5.41) is 5.16. The quantitative estimate of drug-likeness (QED) is 0.0289. The van der Waals surface area contributed by atoms with Crippen molar-refractivity contribution in [1.29, 1.82) is 0 Å². The van der Waals surface area contributed by atoms with E-state index >= 15 is 0 Å². The Morgan fingerprint density at radius 3 is 2.06 bits per heavy atom. The van der Waals surface area contributed by atoms with Gasteiger partial charge in [-0.1, -0.05) is 151 Å². The van der Waals surface area contributed by atoms with E-state index in [4.69, 9.17) is 15.2 Å². The van der Waals surface area contributed by atoms with E-state index in [1.165, 1.54) is 0 Å². The third kappa shape index (κ3) is 10.8. The van der Waals surface area contributed by atoms with Gasteiger partial charge in [-0.05, 0) is 95.3 Å². The maximum absolute atomic E-state index is 13.8. The van der Waals surface area contributed by atoms with Gasteiger partial charge >= 0.3 is 12.1 Å². The fourth-order valence-corrected chi connectivity index (χ4v) is 9.69. The summed E-state index contributed by atoms with van der Waals surface area (Å²) in [6.45, 7) is 5.82. The fourth-order valence-electron chi connectivity index (χ4n) is 8.28. The zero-order chi connectivity index (χ0) is 43.6. The van der Waals surface area contributed by atoms with Gasteiger partial charge in [0.15, 0.2) is 0 Å². The number of guanidine groups is 1. The first-order valence-electron chi connectivity index (χ1n) is 20.8. The van der Waals surface area contributed by atoms with E-state index in [-0.39, 0.29) is 36.5 Å². The number of carbonyl (C=O) groups excluding carboxylic acids is 2. The molecule has 0 spiro atoms. The molecule has 1 aliphatic carbocycles. The van der Waals surface area contributed by atoms with Crippen LogP contribution in [-0.2, 0) is 37.3 Å². The highest BCUT2D eigenvalue weighted by molar-refractivity contribution is 7.90. The monoisotopic (exact) mass is 848 g/mol. The van der Waals surface area contributed by atoms with Gasteiger partial charge in [-0.3, -0.25) is 9.79 Å². The number of esters is 1. The Hall–Kier alpha value is -6.72. The highest BCUT2D eigenvalue weighted by Crippen LogP contribution is 2.44. The standard InChI is InChI=1S/C51H52N4O6S/c1-34-28-35(2)48(36(3)29-34)62(58,59)55-50(52)53-27-13-18-42(54-51(57)61-33-47-45-21-11-9-19-43(45)44-20-10-12-22-46(44)47)26-25-41(49(56)60-32-37-14-5-4-6-15-37)31-38-23-24-39-16-7-8-17-40(39)30-38/h4-12,14-17,19-26,28-30,41-42,47H,13,18,27,31-33H2,1-3H3,(H,54,57)(H3,52,53,55)/b26-25+/t41-,42-/m0/s1. The van der Waals surface area contributed by atoms with Gasteiger partial charge in [-0.25, -0.2) is 17.9 Å². The molecule has 6 aromatic carbocycles. The van der Waals surface area contributed by atoms with Crippen molar-refractivity contribution in [2.45, 2.75) is 63.5 Å². The molecule has 4 N–H and O–H groups in total. The molecular weight excluding hydrogens is 797 g/mol. The molecule has 0 unspecified atom stereocenters. The number of amides is 1. The SMILES string of the molecule is Cc1cc(C)c(S(=O)(=O)NC(N)=NCCC[C@@H](/C=C/[C@@H](Cc2ccc3ccccc3c2)C(=O)OCc2ccccc2)NC(=O)OCC2c3ccccc3-c3ccccc32)c(C)c1. The molecule has 1 aliphatic rings. The van der Waals surface area contributed by atoms with E-state index in [1.807, 2.05) is 110 Å². The average molecular weight is 849 g/mol. The predicted octanol–water partition coefficient (Wildman–Crippen LogP) is 9.20. The molecule has 0 fully saturated rings. The number of benzene rings is 6. The normalized spacial score (nSPS) is 13.6. The lowest BCUT2D eigenvalue weighted by atomic mass is 9.95. The van der Waals surface area contributed by atoms with E-state index in [2.05, 4.69) is 45.4 Å². The van der Waals surface area contributed by atoms with Crippen LogP contribution in [0.4, 0.5) is 4.79 Å². The van der Waals surface area contributed by atoms with Crippen molar-refractivity contribution in [2.24, 2.45) is 16.6 Å². The van der Waals surface area contributed by atoms with Crippen LogP contribution in [0.15, 0.2) is 156 Å². The van der Waals surface area contributed by atoms with E-state index in [0.717, 1.165) is 49.7 Å². The summed E-state index contributed by atoms with van der Waals surface area (Å²) in [4.78, 5) is 31.9. The zero-order valence-corrected chi connectivity index (χ0v) is 36.0. The molecule has 0 saturated heterocycles. The van der Waals surface area contributed by atoms with Gasteiger partial charge in [0.1, 0.15) is 13.2 Å². The number of rotatable bonds is 16. The topological polar surface area (TPSA) is 149 Å². The van der Waals surface area contributed by atoms with Crippen molar-refractivity contribution in [3.8, 4) is 11.1 Å². The number of nitrogens with zero attached hydrogens (tertiary/aromatic N) is 1. The first-order valence-corrected chi connectivity index (χ1v) is 22.3. The van der Waals surface area contributed by atoms with Crippen LogP contribution < -0.4 is 15.8 Å². The Balaban J connectivity index is 1.08. The van der Waals surface area contributed by atoms with Crippen molar-refractivity contribution >= 4 is 38.8 Å². The number of alkyl carbamates (subject to hydrolysis) is 1. The first-order chi connectivity index (χ1) is 29.9. The Bertz CT molecular complexity index is 2660. The number of carbonyl (C=O) groups is 2. The van der Waals surface area contributed by atoms with Crippen LogP contribution in [0, 0.1) is 26.7 Å². The summed E-state index contributed by atoms with van der Waals surface area (Å²) >= 11 is 0. The van der Waals surface area contributed by atoms with Gasteiger partial charge in [0.25, 0.3) is 10.0 Å². The van der Waals surface area contributed by atoms with Crippen LogP contribution in [0.2, 0.25) is 0 Å². The molecule has 318 valence electrons. The number of hydrogen-bond donors (Lipinski definition) is 3. The molecule has 10 nitrogen and oxygen atoms in total. The predicted molar refractivity (Wildman–Crippen MR) is 245 cm³/mol. The van der Waals surface area contributed by atoms with Crippen molar-refractivity contribution in [3.05, 3.63) is 185 Å². The van der Waals surface area contributed by atoms with Crippen LogP contribution in [0.1, 0.15) is 57.7 Å². The van der Waals surface area contributed by atoms with Crippen LogP contribution in [0.3, 0.4) is 0 Å². The number of nitrogens with one attached hydrogen (secondary N) is 2. The highest BCUT2D eigenvalue weighted by Gasteiger charge is 2.29. The summed E-state index contributed by atoms with van der Waals surface area (Å²) in [6, 6.07) is 43.0. The Labute approximate surface area is 363 Å². The van der Waals surface area contributed by atoms with Crippen molar-refractivity contribution in [3.63, 3.8) is 0 Å². The summed E-state index contributed by atoms with van der Waals surface area (Å²) in [5.41, 5.74) is 14.6. The lowest BCUT2D eigenvalue weighted by Crippen LogP contribution is -2.37. The summed E-state index contributed by atoms with van der Waals surface area (Å²) in [7, 11) is -3.98. The van der Waals surface area contributed by atoms with Gasteiger partial charge in [0, 0.05) is 12.5 Å². The molecule has 2 atom stereocenters. The second-order valence-electron chi connectivity index (χ2n) is 15.8. The van der Waals surface area contributed by atoms with Crippen LogP contribution in [0.5, 0.6) is 0 Å². The largest absolute Gasteiger partial charge is 0.460 e. The van der Waals surface area contributed by atoms with Gasteiger partial charge in [0.05, 0.1) is 16.9 Å². The molecule has 0 aliphatic heterocycles. The second-order valence-corrected chi connectivity index (χ2v) is 17.4. The molecule has 0 heterocycles. The maximum atomic E-state index is 13.8. The molecule has 11 heteroatoms. The van der Waals surface area contributed by atoms with E-state index in [9.17, 15) is 18.0 Å². The smallest absolute Gasteiger partial charge is 0.407 e. The Kier molecular flexibility index (Phi) is 13.8. The number of aryl methyl sites for hydroxylation is 3. The number of fused-ring (bicyclic) bond motifs is 4. The van der Waals surface area contributed by atoms with Crippen molar-refractivity contribution in [2.75, 3.05) is 13.2 Å². The van der Waals surface area contributed by atoms with Crippen molar-refractivity contribution in [1.82, 2.24) is 10.0 Å². The number of hydrogen-bond acceptors (Lipinski definition) is 7. The lowest BCUT2D eigenvalue weighted by Gasteiger charge is -2.19. The number of sulfonamides is 1. The van der Waals surface area contributed by atoms with Gasteiger partial charge in [-0.15, -0.1) is 0 Å². The number of nitrogens with two attached hydrogens (primary N) is 1. The third-order valence-corrected chi connectivity index (χ3v) is 12.7. The molecule has 0 bridgehead atoms. The highest BCUT2D eigenvalue weighted by atomic mass is 32.2. The minimum atomic E-state index is -3.98. The van der Waals surface area contributed by atoms with E-state index < -0.39 is 34.0 Å². The maximum Gasteiger partial charge on any atom is 0.407 e. The number of aliphatic imine (C=N–C) groups is 1. The fraction of sp³-hybridized carbons (Fsp3) is 0.235. The van der Waals surface area contributed by atoms with E-state index in [0.29, 0.717) is 30.4 Å². The van der Waals surface area contributed by atoms with Gasteiger partial charge in [0.2, 0.25) is 5.96 Å². The van der Waals surface area contributed by atoms with Crippen LogP contribution >= 0.6 is 0 Å². The molecule has 0 saturated carbocycles. The summed E-state index contributed by atoms with van der Waals surface area (Å²) in [5.74, 6) is -1.44. The Morgan fingerprint density at radius 2 is 1.37 bits per heavy atom. The molecule has 0 aromatic heterocycles. The second kappa shape index (κ2) is 19.8. The van der Waals surface area contributed by atoms with Crippen LogP contribution in [0.25, 0.3) is 21.9 Å². The molecule has 62 heavy (non-hydrogen) atoms. The molecule has 7 rings (SSSR count). The van der Waals surface area contributed by atoms with Gasteiger partial charge in [-0.2, -0.15) is 0 Å². The molecule has 0 radical (unpaired) electrons. The first kappa shape index (κ1) is 43.4. The van der Waals surface area contributed by atoms with Crippen LogP contribution in [-0.4, -0.2) is 45.6 Å². The molecule has 6 aromatic rings. The van der Waals surface area contributed by atoms with E-state index in [1.54, 1.807) is 26.0 Å². The van der Waals surface area contributed by atoms with Gasteiger partial charge < -0.3 is 20.5 Å². The Morgan fingerprint density at radius 1 is 0.742 bits per heavy atom. The third-order valence-electron chi connectivity index (χ3n) is 11.1. The lowest BCUT2D eigenvalue weighted by molar-refractivity contribution is -0.148. The zero-order valence-electron chi connectivity index (χ0n) is 35.2. The molecule has 1 amide bonds. The summed E-state index contributed by atoms with van der Waals surface area (Å²) < 4.78 is 40.8. The minimum Gasteiger partial charge on any atom is -0.460 e. The average Bonchev–Trinajstić information content (AvgIpc) is 3.57. The summed E-state index contributed by atoms with van der Waals surface area (Å²) in [6.07, 6.45) is 4.14. The van der Waals surface area contributed by atoms with Crippen molar-refractivity contribution < 1.29 is 27.5 Å².